The summed E-state index contributed by atoms with van der Waals surface area (Å²) in [6.07, 6.45) is -0.944. The Morgan fingerprint density at radius 2 is 1.68 bits per heavy atom. The summed E-state index contributed by atoms with van der Waals surface area (Å²) in [7, 11) is -5.11. The molecule has 0 aromatic carbocycles. The summed E-state index contributed by atoms with van der Waals surface area (Å²) in [6, 6.07) is 0. The molecule has 0 aliphatic carbocycles. The molecule has 0 rings (SSSR count). The van der Waals surface area contributed by atoms with Crippen molar-refractivity contribution >= 4 is 19.4 Å². The first kappa shape index (κ1) is 17.9. The van der Waals surface area contributed by atoms with Gasteiger partial charge in [-0.1, -0.05) is 13.2 Å². The normalized spacial score (nSPS) is 14.6. The smallest absolute Gasteiger partial charge is 0.359 e. The van der Waals surface area contributed by atoms with Crippen LogP contribution in [0.1, 0.15) is 26.7 Å². The second kappa shape index (κ2) is 6.36. The van der Waals surface area contributed by atoms with Crippen LogP contribution < -0.4 is 0 Å². The average Bonchev–Trinajstić information content (AvgIpc) is 2.22. The van der Waals surface area contributed by atoms with E-state index < -0.39 is 31.6 Å². The Balaban J connectivity index is 5.13. The molecule has 0 aromatic heterocycles. The lowest BCUT2D eigenvalue weighted by Gasteiger charge is -2.26. The number of aliphatic hydroxyl groups is 1. The largest absolute Gasteiger partial charge is 0.472 e. The minimum absolute atomic E-state index is 0.154. The summed E-state index contributed by atoms with van der Waals surface area (Å²) in [5, 5.41) is 9.91. The molecule has 3 N–H and O–H groups in total. The highest BCUT2D eigenvalue weighted by Crippen LogP contribution is 2.43. The van der Waals surface area contributed by atoms with E-state index >= 15 is 0 Å². The van der Waals surface area contributed by atoms with Gasteiger partial charge in [-0.2, -0.15) is 0 Å². The zero-order chi connectivity index (χ0) is 15.4. The Kier molecular flexibility index (Phi) is 5.99. The van der Waals surface area contributed by atoms with Crippen molar-refractivity contribution in [3.8, 4) is 0 Å². The second-order valence-electron chi connectivity index (χ2n) is 4.18. The number of ketones is 2. The maximum atomic E-state index is 11.7. The molecule has 0 aliphatic rings. The zero-order valence-corrected chi connectivity index (χ0v) is 11.6. The predicted octanol–water partition coefficient (Wildman–Crippen LogP) is 0.855. The van der Waals surface area contributed by atoms with Gasteiger partial charge < -0.3 is 14.9 Å². The van der Waals surface area contributed by atoms with Gasteiger partial charge in [-0.05, 0) is 25.0 Å². The molecule has 108 valence electrons. The molecule has 1 unspecified atom stereocenters. The van der Waals surface area contributed by atoms with E-state index in [9.17, 15) is 19.3 Å². The number of allylic oxidation sites excluding steroid dienone is 1. The summed E-state index contributed by atoms with van der Waals surface area (Å²) >= 11 is 0. The Hall–Kier alpha value is -1.11. The van der Waals surface area contributed by atoms with Crippen LogP contribution in [0.3, 0.4) is 0 Å². The second-order valence-corrected chi connectivity index (χ2v) is 5.34. The third-order valence-corrected chi connectivity index (χ3v) is 2.72. The summed E-state index contributed by atoms with van der Waals surface area (Å²) in [4.78, 5) is 40.4. The third-order valence-electron chi connectivity index (χ3n) is 2.18. The molecule has 0 aliphatic heterocycles. The maximum absolute atomic E-state index is 11.7. The Labute approximate surface area is 110 Å². The van der Waals surface area contributed by atoms with Crippen LogP contribution in [0.25, 0.3) is 0 Å². The van der Waals surface area contributed by atoms with E-state index in [1.807, 2.05) is 0 Å². The lowest BCUT2D eigenvalue weighted by atomic mass is 9.98. The number of Topliss-reactive ketones (excluding diaryl/α,β-unsaturated/α-hetero) is 2. The fourth-order valence-electron chi connectivity index (χ4n) is 1.23. The van der Waals surface area contributed by atoms with Gasteiger partial charge in [-0.3, -0.25) is 9.59 Å². The van der Waals surface area contributed by atoms with E-state index in [0.717, 1.165) is 0 Å². The number of phosphoric acid groups is 1. The van der Waals surface area contributed by atoms with Gasteiger partial charge in [-0.15, -0.1) is 0 Å². The fourth-order valence-corrected chi connectivity index (χ4v) is 1.79. The predicted molar refractivity (Wildman–Crippen MR) is 67.0 cm³/mol. The van der Waals surface area contributed by atoms with E-state index in [0.29, 0.717) is 0 Å². The molecule has 1 atom stereocenters. The summed E-state index contributed by atoms with van der Waals surface area (Å²) in [5.41, 5.74) is 0.0417. The minimum Gasteiger partial charge on any atom is -0.359 e. The third kappa shape index (κ3) is 6.04. The molecule has 0 heterocycles. The average molecular weight is 292 g/mol. The standard InChI is InChI=1S/C11H17O7P/c1-7(2)9(12)5-6-11(14,10(13)8(3)4)18-19(15,16)17/h14H,1,3,5-6H2,2,4H3,(H2,15,16,17). The summed E-state index contributed by atoms with van der Waals surface area (Å²) < 4.78 is 14.9. The van der Waals surface area contributed by atoms with Crippen molar-refractivity contribution in [2.75, 3.05) is 0 Å². The number of carbonyl (C=O) groups excluding carboxylic acids is 2. The van der Waals surface area contributed by atoms with Gasteiger partial charge in [0.05, 0.1) is 0 Å². The van der Waals surface area contributed by atoms with Crippen molar-refractivity contribution in [3.05, 3.63) is 24.3 Å². The van der Waals surface area contributed by atoms with Crippen LogP contribution in [0.15, 0.2) is 24.3 Å². The number of phosphoric ester groups is 1. The van der Waals surface area contributed by atoms with Crippen LogP contribution in [0.4, 0.5) is 0 Å². The summed E-state index contributed by atoms with van der Waals surface area (Å²) in [5.74, 6) is -4.33. The van der Waals surface area contributed by atoms with Gasteiger partial charge in [0.25, 0.3) is 0 Å². The van der Waals surface area contributed by atoms with Crippen LogP contribution in [-0.2, 0) is 18.7 Å². The molecule has 0 saturated carbocycles. The molecule has 0 radical (unpaired) electrons. The zero-order valence-electron chi connectivity index (χ0n) is 10.8. The summed E-state index contributed by atoms with van der Waals surface area (Å²) in [6.45, 7) is 9.33. The monoisotopic (exact) mass is 292 g/mol. The minimum atomic E-state index is -5.11. The van der Waals surface area contributed by atoms with Crippen molar-refractivity contribution in [3.63, 3.8) is 0 Å². The van der Waals surface area contributed by atoms with E-state index in [2.05, 4.69) is 17.7 Å². The van der Waals surface area contributed by atoms with Crippen LogP contribution in [0, 0.1) is 0 Å². The highest BCUT2D eigenvalue weighted by Gasteiger charge is 2.43. The van der Waals surface area contributed by atoms with Gasteiger partial charge >= 0.3 is 7.82 Å². The molecular formula is C11H17O7P. The first-order valence-corrected chi connectivity index (χ1v) is 6.80. The first-order chi connectivity index (χ1) is 8.39. The van der Waals surface area contributed by atoms with Gasteiger partial charge in [0.1, 0.15) is 0 Å². The van der Waals surface area contributed by atoms with Crippen molar-refractivity contribution in [2.45, 2.75) is 32.5 Å². The molecule has 0 fully saturated rings. The van der Waals surface area contributed by atoms with Crippen LogP contribution >= 0.6 is 7.82 Å². The first-order valence-electron chi connectivity index (χ1n) is 5.27. The number of rotatable bonds is 8. The van der Waals surface area contributed by atoms with Gasteiger partial charge in [0.2, 0.25) is 11.6 Å². The van der Waals surface area contributed by atoms with E-state index in [4.69, 9.17) is 9.79 Å². The van der Waals surface area contributed by atoms with E-state index in [1.165, 1.54) is 13.8 Å². The molecular weight excluding hydrogens is 275 g/mol. The maximum Gasteiger partial charge on any atom is 0.472 e. The van der Waals surface area contributed by atoms with Gasteiger partial charge in [-0.25, -0.2) is 9.09 Å². The van der Waals surface area contributed by atoms with Crippen molar-refractivity contribution < 1.29 is 33.6 Å². The van der Waals surface area contributed by atoms with Crippen LogP contribution in [-0.4, -0.2) is 32.2 Å². The fraction of sp³-hybridized carbons (Fsp3) is 0.455. The van der Waals surface area contributed by atoms with E-state index in [-0.39, 0.29) is 17.6 Å². The number of carbonyl (C=O) groups is 2. The van der Waals surface area contributed by atoms with Crippen molar-refractivity contribution in [2.24, 2.45) is 0 Å². The lowest BCUT2D eigenvalue weighted by Crippen LogP contribution is -2.41. The molecule has 0 bridgehead atoms. The highest BCUT2D eigenvalue weighted by atomic mass is 31.2. The topological polar surface area (TPSA) is 121 Å². The molecule has 0 saturated heterocycles. The highest BCUT2D eigenvalue weighted by molar-refractivity contribution is 7.46. The quantitative estimate of drug-likeness (QED) is 0.344. The van der Waals surface area contributed by atoms with E-state index in [1.54, 1.807) is 0 Å². The van der Waals surface area contributed by atoms with Crippen molar-refractivity contribution in [1.29, 1.82) is 0 Å². The molecule has 0 aromatic rings. The Morgan fingerprint density at radius 3 is 2.00 bits per heavy atom. The van der Waals surface area contributed by atoms with Gasteiger partial charge in [0.15, 0.2) is 5.78 Å². The van der Waals surface area contributed by atoms with Crippen LogP contribution in [0.5, 0.6) is 0 Å². The van der Waals surface area contributed by atoms with Gasteiger partial charge in [0, 0.05) is 12.8 Å². The molecule has 0 spiro atoms. The molecule has 7 nitrogen and oxygen atoms in total. The Morgan fingerprint density at radius 1 is 1.21 bits per heavy atom. The Bertz CT molecular complexity index is 462. The SMILES string of the molecule is C=C(C)C(=O)CCC(O)(OP(=O)(O)O)C(=O)C(=C)C. The molecule has 8 heteroatoms. The van der Waals surface area contributed by atoms with Crippen molar-refractivity contribution in [1.82, 2.24) is 0 Å². The molecule has 19 heavy (non-hydrogen) atoms. The molecule has 0 amide bonds. The lowest BCUT2D eigenvalue weighted by molar-refractivity contribution is -0.176. The number of hydrogen-bond acceptors (Lipinski definition) is 5. The van der Waals surface area contributed by atoms with Crippen LogP contribution in [0.2, 0.25) is 0 Å². The number of hydrogen-bond donors (Lipinski definition) is 3.